The molecule has 1 saturated heterocycles. The summed E-state index contributed by atoms with van der Waals surface area (Å²) in [6.45, 7) is 4.01. The van der Waals surface area contributed by atoms with Gasteiger partial charge in [0.2, 0.25) is 0 Å². The van der Waals surface area contributed by atoms with Gasteiger partial charge in [0.25, 0.3) is 5.91 Å². The number of benzene rings is 1. The molecule has 2 rings (SSSR count). The second kappa shape index (κ2) is 3.96. The van der Waals surface area contributed by atoms with E-state index in [9.17, 15) is 9.59 Å². The van der Waals surface area contributed by atoms with E-state index in [4.69, 9.17) is 0 Å². The van der Waals surface area contributed by atoms with E-state index in [2.05, 4.69) is 5.32 Å². The van der Waals surface area contributed by atoms with Gasteiger partial charge in [0.15, 0.2) is 0 Å². The van der Waals surface area contributed by atoms with Crippen LogP contribution in [0.5, 0.6) is 0 Å². The SMILES string of the molecule is CCc1cccc(C)c1N1C(=O)CNC1=O. The minimum atomic E-state index is -0.325. The number of rotatable bonds is 2. The molecular weight excluding hydrogens is 204 g/mol. The summed E-state index contributed by atoms with van der Waals surface area (Å²) in [5, 5.41) is 2.53. The Morgan fingerprint density at radius 3 is 2.69 bits per heavy atom. The molecule has 0 unspecified atom stereocenters. The lowest BCUT2D eigenvalue weighted by molar-refractivity contribution is -0.115. The maximum atomic E-state index is 11.6. The molecule has 0 aromatic heterocycles. The summed E-state index contributed by atoms with van der Waals surface area (Å²) in [7, 11) is 0. The van der Waals surface area contributed by atoms with E-state index in [1.165, 1.54) is 4.90 Å². The molecule has 0 atom stereocenters. The summed E-state index contributed by atoms with van der Waals surface area (Å²) in [5.74, 6) is -0.186. The van der Waals surface area contributed by atoms with E-state index in [0.29, 0.717) is 0 Å². The highest BCUT2D eigenvalue weighted by Crippen LogP contribution is 2.27. The molecule has 4 heteroatoms. The summed E-state index contributed by atoms with van der Waals surface area (Å²) in [4.78, 5) is 24.5. The second-order valence-corrected chi connectivity index (χ2v) is 3.82. The van der Waals surface area contributed by atoms with Gasteiger partial charge < -0.3 is 5.32 Å². The van der Waals surface area contributed by atoms with Crippen LogP contribution in [0.4, 0.5) is 10.5 Å². The monoisotopic (exact) mass is 218 g/mol. The third-order valence-electron chi connectivity index (χ3n) is 2.77. The number of hydrogen-bond acceptors (Lipinski definition) is 2. The van der Waals surface area contributed by atoms with Crippen LogP contribution in [0.1, 0.15) is 18.1 Å². The normalized spacial score (nSPS) is 15.5. The zero-order valence-corrected chi connectivity index (χ0v) is 9.41. The van der Waals surface area contributed by atoms with Crippen LogP contribution in [-0.4, -0.2) is 18.5 Å². The van der Waals surface area contributed by atoms with Gasteiger partial charge in [-0.1, -0.05) is 25.1 Å². The minimum Gasteiger partial charge on any atom is -0.328 e. The van der Waals surface area contributed by atoms with E-state index >= 15 is 0 Å². The van der Waals surface area contributed by atoms with Crippen molar-refractivity contribution >= 4 is 17.6 Å². The molecule has 1 aromatic carbocycles. The van der Waals surface area contributed by atoms with Crippen molar-refractivity contribution in [2.45, 2.75) is 20.3 Å². The third-order valence-corrected chi connectivity index (χ3v) is 2.77. The van der Waals surface area contributed by atoms with Crippen LogP contribution >= 0.6 is 0 Å². The number of imide groups is 1. The highest BCUT2D eigenvalue weighted by Gasteiger charge is 2.32. The second-order valence-electron chi connectivity index (χ2n) is 3.82. The molecular formula is C12H14N2O2. The molecule has 16 heavy (non-hydrogen) atoms. The molecule has 1 aliphatic heterocycles. The number of para-hydroxylation sites is 1. The number of carbonyl (C=O) groups excluding carboxylic acids is 2. The van der Waals surface area contributed by atoms with Crippen LogP contribution < -0.4 is 10.2 Å². The Labute approximate surface area is 94.2 Å². The number of amides is 3. The van der Waals surface area contributed by atoms with Crippen molar-refractivity contribution in [3.63, 3.8) is 0 Å². The lowest BCUT2D eigenvalue weighted by Crippen LogP contribution is -2.32. The zero-order valence-electron chi connectivity index (χ0n) is 9.41. The summed E-state index contributed by atoms with van der Waals surface area (Å²) in [5.41, 5.74) is 2.71. The number of nitrogens with zero attached hydrogens (tertiary/aromatic N) is 1. The fourth-order valence-electron chi connectivity index (χ4n) is 1.97. The van der Waals surface area contributed by atoms with Gasteiger partial charge in [-0.3, -0.25) is 4.79 Å². The van der Waals surface area contributed by atoms with Gasteiger partial charge in [-0.05, 0) is 24.5 Å². The Hall–Kier alpha value is -1.84. The first kappa shape index (κ1) is 10.7. The van der Waals surface area contributed by atoms with Crippen molar-refractivity contribution in [2.75, 3.05) is 11.4 Å². The molecule has 0 bridgehead atoms. The quantitative estimate of drug-likeness (QED) is 0.767. The molecule has 84 valence electrons. The highest BCUT2D eigenvalue weighted by atomic mass is 16.2. The highest BCUT2D eigenvalue weighted by molar-refractivity contribution is 6.20. The number of hydrogen-bond donors (Lipinski definition) is 1. The lowest BCUT2D eigenvalue weighted by Gasteiger charge is -2.18. The van der Waals surface area contributed by atoms with Crippen molar-refractivity contribution < 1.29 is 9.59 Å². The molecule has 1 heterocycles. The molecule has 3 amide bonds. The van der Waals surface area contributed by atoms with Gasteiger partial charge in [-0.2, -0.15) is 0 Å². The van der Waals surface area contributed by atoms with Crippen molar-refractivity contribution in [2.24, 2.45) is 0 Å². The Morgan fingerprint density at radius 1 is 1.38 bits per heavy atom. The predicted molar refractivity (Wildman–Crippen MR) is 61.4 cm³/mol. The van der Waals surface area contributed by atoms with E-state index in [-0.39, 0.29) is 18.5 Å². The third kappa shape index (κ3) is 1.56. The Bertz CT molecular complexity index is 438. The van der Waals surface area contributed by atoms with E-state index in [0.717, 1.165) is 23.2 Å². The van der Waals surface area contributed by atoms with Crippen LogP contribution in [0.3, 0.4) is 0 Å². The van der Waals surface area contributed by atoms with Crippen LogP contribution in [0.25, 0.3) is 0 Å². The molecule has 1 N–H and O–H groups in total. The molecule has 1 aliphatic rings. The van der Waals surface area contributed by atoms with Crippen molar-refractivity contribution in [3.05, 3.63) is 29.3 Å². The van der Waals surface area contributed by atoms with Gasteiger partial charge in [0.1, 0.15) is 0 Å². The number of carbonyl (C=O) groups is 2. The van der Waals surface area contributed by atoms with Gasteiger partial charge in [-0.25, -0.2) is 9.69 Å². The summed E-state index contributed by atoms with van der Waals surface area (Å²) in [6.07, 6.45) is 0.800. The number of anilines is 1. The zero-order chi connectivity index (χ0) is 11.7. The summed E-state index contributed by atoms with van der Waals surface area (Å²) < 4.78 is 0. The Morgan fingerprint density at radius 2 is 2.12 bits per heavy atom. The average Bonchev–Trinajstić information content (AvgIpc) is 2.59. The van der Waals surface area contributed by atoms with Crippen molar-refractivity contribution in [3.8, 4) is 0 Å². The fraction of sp³-hybridized carbons (Fsp3) is 0.333. The van der Waals surface area contributed by atoms with Crippen LogP contribution in [0.15, 0.2) is 18.2 Å². The molecule has 0 radical (unpaired) electrons. The van der Waals surface area contributed by atoms with E-state index < -0.39 is 0 Å². The molecule has 0 saturated carbocycles. The number of nitrogens with one attached hydrogen (secondary N) is 1. The number of urea groups is 1. The van der Waals surface area contributed by atoms with E-state index in [1.54, 1.807) is 0 Å². The maximum Gasteiger partial charge on any atom is 0.329 e. The Balaban J connectivity index is 2.54. The first-order chi connectivity index (χ1) is 7.65. The molecule has 0 spiro atoms. The fourth-order valence-corrected chi connectivity index (χ4v) is 1.97. The summed E-state index contributed by atoms with van der Waals surface area (Å²) in [6, 6.07) is 5.47. The first-order valence-electron chi connectivity index (χ1n) is 5.34. The molecule has 0 aliphatic carbocycles. The largest absolute Gasteiger partial charge is 0.329 e. The number of aryl methyl sites for hydroxylation is 2. The van der Waals surface area contributed by atoms with Gasteiger partial charge in [0, 0.05) is 0 Å². The van der Waals surface area contributed by atoms with E-state index in [1.807, 2.05) is 32.0 Å². The van der Waals surface area contributed by atoms with Gasteiger partial charge in [-0.15, -0.1) is 0 Å². The Kier molecular flexibility index (Phi) is 2.64. The smallest absolute Gasteiger partial charge is 0.328 e. The van der Waals surface area contributed by atoms with Crippen LogP contribution in [-0.2, 0) is 11.2 Å². The van der Waals surface area contributed by atoms with Gasteiger partial charge >= 0.3 is 6.03 Å². The van der Waals surface area contributed by atoms with Crippen molar-refractivity contribution in [1.29, 1.82) is 0 Å². The molecule has 1 fully saturated rings. The van der Waals surface area contributed by atoms with Crippen molar-refractivity contribution in [1.82, 2.24) is 5.32 Å². The van der Waals surface area contributed by atoms with Crippen LogP contribution in [0.2, 0.25) is 0 Å². The standard InChI is InChI=1S/C12H14N2O2/c1-3-9-6-4-5-8(2)11(9)14-10(15)7-13-12(14)16/h4-6H,3,7H2,1-2H3,(H,13,16). The topological polar surface area (TPSA) is 49.4 Å². The summed E-state index contributed by atoms with van der Waals surface area (Å²) >= 11 is 0. The average molecular weight is 218 g/mol. The molecule has 1 aromatic rings. The van der Waals surface area contributed by atoms with Crippen LogP contribution in [0, 0.1) is 6.92 Å². The lowest BCUT2D eigenvalue weighted by atomic mass is 10.0. The first-order valence-corrected chi connectivity index (χ1v) is 5.34. The minimum absolute atomic E-state index is 0.0936. The molecule has 4 nitrogen and oxygen atoms in total. The maximum absolute atomic E-state index is 11.6. The predicted octanol–water partition coefficient (Wildman–Crippen LogP) is 1.61. The van der Waals surface area contributed by atoms with Gasteiger partial charge in [0.05, 0.1) is 12.2 Å².